The molecule has 0 saturated carbocycles. The van der Waals surface area contributed by atoms with E-state index in [9.17, 15) is 0 Å². The van der Waals surface area contributed by atoms with Crippen LogP contribution < -0.4 is 0 Å². The van der Waals surface area contributed by atoms with Crippen molar-refractivity contribution in [2.24, 2.45) is 0 Å². The zero-order chi connectivity index (χ0) is 8.39. The molecule has 2 heteroatoms. The highest BCUT2D eigenvalue weighted by molar-refractivity contribution is 5.51. The van der Waals surface area contributed by atoms with Gasteiger partial charge in [-0.15, -0.1) is 0 Å². The molecule has 1 aliphatic carbocycles. The van der Waals surface area contributed by atoms with Gasteiger partial charge in [-0.3, -0.25) is 0 Å². The summed E-state index contributed by atoms with van der Waals surface area (Å²) in [5.74, 6) is 0. The Morgan fingerprint density at radius 2 is 2.50 bits per heavy atom. The Bertz CT molecular complexity index is 261. The average molecular weight is 164 g/mol. The lowest BCUT2D eigenvalue weighted by Crippen LogP contribution is -2.21. The number of hydrogen-bond acceptors (Lipinski definition) is 2. The lowest BCUT2D eigenvalue weighted by Gasteiger charge is -2.23. The summed E-state index contributed by atoms with van der Waals surface area (Å²) >= 11 is 0. The summed E-state index contributed by atoms with van der Waals surface area (Å²) in [6.45, 7) is 0.858. The fraction of sp³-hybridized carbons (Fsp3) is 0.400. The van der Waals surface area contributed by atoms with Gasteiger partial charge in [0.2, 0.25) is 0 Å². The Labute approximate surface area is 71.9 Å². The Balaban J connectivity index is 2.16. The van der Waals surface area contributed by atoms with E-state index in [4.69, 9.17) is 9.84 Å². The van der Waals surface area contributed by atoms with Gasteiger partial charge in [-0.25, -0.2) is 0 Å². The predicted molar refractivity (Wildman–Crippen MR) is 46.7 cm³/mol. The van der Waals surface area contributed by atoms with E-state index in [2.05, 4.69) is 18.2 Å². The summed E-state index contributed by atoms with van der Waals surface area (Å²) in [6.07, 6.45) is 9.05. The number of aliphatic hydroxyl groups excluding tert-OH is 1. The largest absolute Gasteiger partial charge is 0.396 e. The highest BCUT2D eigenvalue weighted by Crippen LogP contribution is 2.28. The molecule has 2 rings (SSSR count). The van der Waals surface area contributed by atoms with Crippen molar-refractivity contribution < 1.29 is 9.84 Å². The molecule has 0 saturated heterocycles. The first kappa shape index (κ1) is 7.77. The molecular weight excluding hydrogens is 152 g/mol. The molecule has 64 valence electrons. The van der Waals surface area contributed by atoms with Gasteiger partial charge in [-0.05, 0) is 11.1 Å². The van der Waals surface area contributed by atoms with Crippen LogP contribution in [-0.4, -0.2) is 24.4 Å². The maximum atomic E-state index is 8.79. The summed E-state index contributed by atoms with van der Waals surface area (Å²) in [7, 11) is 0. The molecule has 0 fully saturated rings. The molecule has 1 N–H and O–H groups in total. The van der Waals surface area contributed by atoms with Crippen LogP contribution in [-0.2, 0) is 4.74 Å². The van der Waals surface area contributed by atoms with E-state index in [0.29, 0.717) is 13.0 Å². The molecule has 0 unspecified atom stereocenters. The number of hydrogen-bond donors (Lipinski definition) is 1. The Kier molecular flexibility index (Phi) is 2.11. The van der Waals surface area contributed by atoms with Gasteiger partial charge >= 0.3 is 0 Å². The zero-order valence-corrected chi connectivity index (χ0v) is 6.86. The van der Waals surface area contributed by atoms with Crippen LogP contribution in [0.5, 0.6) is 0 Å². The van der Waals surface area contributed by atoms with Gasteiger partial charge < -0.3 is 9.84 Å². The monoisotopic (exact) mass is 164 g/mol. The smallest absolute Gasteiger partial charge is 0.0856 e. The molecule has 0 bridgehead atoms. The third-order valence-electron chi connectivity index (χ3n) is 2.22. The van der Waals surface area contributed by atoms with Gasteiger partial charge in [0.25, 0.3) is 0 Å². The Morgan fingerprint density at radius 3 is 3.33 bits per heavy atom. The van der Waals surface area contributed by atoms with Gasteiger partial charge in [-0.1, -0.05) is 24.3 Å². The van der Waals surface area contributed by atoms with Crippen LogP contribution in [0.1, 0.15) is 6.42 Å². The standard InChI is InChI=1S/C10H12O2/c11-6-4-10-9-3-1-2-8(9)5-7-12-10/h1-3,5,10-11H,4,6-7H2/t10-/m1/s1. The Hall–Kier alpha value is -0.860. The van der Waals surface area contributed by atoms with E-state index in [1.165, 1.54) is 11.1 Å². The van der Waals surface area contributed by atoms with Crippen LogP contribution in [0.4, 0.5) is 0 Å². The van der Waals surface area contributed by atoms with Crippen molar-refractivity contribution in [3.63, 3.8) is 0 Å². The number of allylic oxidation sites excluding steroid dienone is 3. The second-order valence-electron chi connectivity index (χ2n) is 2.97. The minimum absolute atomic E-state index is 0.102. The average Bonchev–Trinajstić information content (AvgIpc) is 2.53. The molecule has 0 spiro atoms. The van der Waals surface area contributed by atoms with Gasteiger partial charge in [0, 0.05) is 13.0 Å². The third kappa shape index (κ3) is 1.24. The highest BCUT2D eigenvalue weighted by atomic mass is 16.5. The van der Waals surface area contributed by atoms with Crippen molar-refractivity contribution in [1.29, 1.82) is 0 Å². The Morgan fingerprint density at radius 1 is 1.58 bits per heavy atom. The van der Waals surface area contributed by atoms with Gasteiger partial charge in [0.1, 0.15) is 0 Å². The van der Waals surface area contributed by atoms with Crippen molar-refractivity contribution in [2.75, 3.05) is 13.2 Å². The molecule has 12 heavy (non-hydrogen) atoms. The van der Waals surface area contributed by atoms with Crippen molar-refractivity contribution in [3.8, 4) is 0 Å². The van der Waals surface area contributed by atoms with Crippen molar-refractivity contribution in [2.45, 2.75) is 12.5 Å². The van der Waals surface area contributed by atoms with E-state index >= 15 is 0 Å². The first-order valence-electron chi connectivity index (χ1n) is 4.23. The fourth-order valence-electron chi connectivity index (χ4n) is 1.63. The van der Waals surface area contributed by atoms with Crippen LogP contribution in [0.15, 0.2) is 35.5 Å². The van der Waals surface area contributed by atoms with Crippen LogP contribution in [0, 0.1) is 0 Å². The zero-order valence-electron chi connectivity index (χ0n) is 6.86. The molecule has 1 atom stereocenters. The van der Waals surface area contributed by atoms with Gasteiger partial charge in [-0.2, -0.15) is 0 Å². The normalized spacial score (nSPS) is 26.6. The summed E-state index contributed by atoms with van der Waals surface area (Å²) in [5, 5.41) is 8.79. The summed E-state index contributed by atoms with van der Waals surface area (Å²) in [5.41, 5.74) is 2.48. The topological polar surface area (TPSA) is 29.5 Å². The fourth-order valence-corrected chi connectivity index (χ4v) is 1.63. The number of aliphatic hydroxyl groups is 1. The molecule has 1 aliphatic heterocycles. The lowest BCUT2D eigenvalue weighted by molar-refractivity contribution is 0.0742. The molecule has 0 aromatic heterocycles. The van der Waals surface area contributed by atoms with Crippen LogP contribution in [0.3, 0.4) is 0 Å². The molecule has 2 aliphatic rings. The maximum Gasteiger partial charge on any atom is 0.0856 e. The summed E-state index contributed by atoms with van der Waals surface area (Å²) < 4.78 is 5.49. The van der Waals surface area contributed by atoms with E-state index in [1.807, 2.05) is 6.08 Å². The van der Waals surface area contributed by atoms with Crippen molar-refractivity contribution >= 4 is 0 Å². The van der Waals surface area contributed by atoms with E-state index in [0.717, 1.165) is 0 Å². The third-order valence-corrected chi connectivity index (χ3v) is 2.22. The second kappa shape index (κ2) is 3.25. The molecule has 0 aromatic rings. The number of rotatable bonds is 2. The van der Waals surface area contributed by atoms with Crippen LogP contribution >= 0.6 is 0 Å². The molecule has 1 heterocycles. The quantitative estimate of drug-likeness (QED) is 0.664. The van der Waals surface area contributed by atoms with Gasteiger partial charge in [0.05, 0.1) is 12.7 Å². The maximum absolute atomic E-state index is 8.79. The predicted octanol–water partition coefficient (Wildman–Crippen LogP) is 1.19. The highest BCUT2D eigenvalue weighted by Gasteiger charge is 2.21. The number of ether oxygens (including phenoxy) is 1. The summed E-state index contributed by atoms with van der Waals surface area (Å²) in [4.78, 5) is 0. The van der Waals surface area contributed by atoms with Gasteiger partial charge in [0.15, 0.2) is 0 Å². The van der Waals surface area contributed by atoms with E-state index in [1.54, 1.807) is 0 Å². The molecule has 2 nitrogen and oxygen atoms in total. The number of fused-ring (bicyclic) bond motifs is 1. The van der Waals surface area contributed by atoms with Crippen molar-refractivity contribution in [3.05, 3.63) is 35.5 Å². The first-order chi connectivity index (χ1) is 5.92. The SMILES string of the molecule is OCC[C@H]1OCC=C2C=CC=C21. The molecular formula is C10H12O2. The van der Waals surface area contributed by atoms with E-state index in [-0.39, 0.29) is 12.7 Å². The van der Waals surface area contributed by atoms with E-state index < -0.39 is 0 Å². The summed E-state index contributed by atoms with van der Waals surface area (Å²) in [6, 6.07) is 0. The molecule has 0 radical (unpaired) electrons. The molecule has 0 amide bonds. The minimum atomic E-state index is 0.102. The van der Waals surface area contributed by atoms with Crippen LogP contribution in [0.2, 0.25) is 0 Å². The second-order valence-corrected chi connectivity index (χ2v) is 2.97. The minimum Gasteiger partial charge on any atom is -0.396 e. The first-order valence-corrected chi connectivity index (χ1v) is 4.23. The molecule has 0 aromatic carbocycles. The van der Waals surface area contributed by atoms with Crippen molar-refractivity contribution in [1.82, 2.24) is 0 Å². The van der Waals surface area contributed by atoms with Crippen LogP contribution in [0.25, 0.3) is 0 Å². The lowest BCUT2D eigenvalue weighted by atomic mass is 9.99.